The standard InChI is InChI=1S/C14H17NO/c1-9-10-7-5-6-8-11(10)15-13(16)12(9)14(2,3)4/h5-8H,1-4H3,(H,15,16). The van der Waals surface area contributed by atoms with Gasteiger partial charge in [-0.25, -0.2) is 0 Å². The number of aromatic nitrogens is 1. The van der Waals surface area contributed by atoms with Gasteiger partial charge in [0, 0.05) is 16.5 Å². The van der Waals surface area contributed by atoms with Crippen LogP contribution in [0.5, 0.6) is 0 Å². The van der Waals surface area contributed by atoms with Crippen molar-refractivity contribution in [3.63, 3.8) is 0 Å². The Kier molecular flexibility index (Phi) is 2.38. The van der Waals surface area contributed by atoms with Gasteiger partial charge in [-0.3, -0.25) is 4.79 Å². The number of hydrogen-bond donors (Lipinski definition) is 1. The molecule has 2 aromatic rings. The number of benzene rings is 1. The number of nitrogens with one attached hydrogen (secondary N) is 1. The lowest BCUT2D eigenvalue weighted by Crippen LogP contribution is -2.26. The van der Waals surface area contributed by atoms with Gasteiger partial charge in [0.05, 0.1) is 0 Å². The van der Waals surface area contributed by atoms with Crippen molar-refractivity contribution >= 4 is 10.9 Å². The molecule has 0 fully saturated rings. The molecule has 0 atom stereocenters. The van der Waals surface area contributed by atoms with Gasteiger partial charge in [-0.2, -0.15) is 0 Å². The minimum absolute atomic E-state index is 0.0312. The van der Waals surface area contributed by atoms with Gasteiger partial charge < -0.3 is 4.98 Å². The summed E-state index contributed by atoms with van der Waals surface area (Å²) in [5.41, 5.74) is 2.79. The van der Waals surface area contributed by atoms with Crippen LogP contribution in [0, 0.1) is 6.92 Å². The van der Waals surface area contributed by atoms with E-state index in [1.54, 1.807) is 0 Å². The van der Waals surface area contributed by atoms with E-state index in [-0.39, 0.29) is 11.0 Å². The lowest BCUT2D eigenvalue weighted by atomic mass is 9.84. The highest BCUT2D eigenvalue weighted by molar-refractivity contribution is 5.82. The zero-order valence-electron chi connectivity index (χ0n) is 10.2. The van der Waals surface area contributed by atoms with Gasteiger partial charge in [0.2, 0.25) is 0 Å². The summed E-state index contributed by atoms with van der Waals surface area (Å²) in [6, 6.07) is 7.93. The molecule has 0 bridgehead atoms. The molecule has 2 heteroatoms. The molecule has 1 aromatic heterocycles. The molecule has 16 heavy (non-hydrogen) atoms. The molecule has 0 saturated heterocycles. The summed E-state index contributed by atoms with van der Waals surface area (Å²) in [7, 11) is 0. The van der Waals surface area contributed by atoms with Crippen LogP contribution in [0.25, 0.3) is 10.9 Å². The molecule has 0 aliphatic heterocycles. The summed E-state index contributed by atoms with van der Waals surface area (Å²) in [6.45, 7) is 8.23. The number of para-hydroxylation sites is 1. The van der Waals surface area contributed by atoms with Crippen LogP contribution in [0.15, 0.2) is 29.1 Å². The summed E-state index contributed by atoms with van der Waals surface area (Å²) in [6.07, 6.45) is 0. The summed E-state index contributed by atoms with van der Waals surface area (Å²) < 4.78 is 0. The molecule has 0 saturated carbocycles. The smallest absolute Gasteiger partial charge is 0.252 e. The number of pyridine rings is 1. The maximum atomic E-state index is 12.0. The van der Waals surface area contributed by atoms with E-state index in [2.05, 4.69) is 31.8 Å². The third kappa shape index (κ3) is 1.64. The van der Waals surface area contributed by atoms with Gasteiger partial charge in [-0.15, -0.1) is 0 Å². The first kappa shape index (κ1) is 10.9. The number of H-pyrrole nitrogens is 1. The second-order valence-electron chi connectivity index (χ2n) is 5.25. The van der Waals surface area contributed by atoms with E-state index in [4.69, 9.17) is 0 Å². The lowest BCUT2D eigenvalue weighted by molar-refractivity contribution is 0.579. The molecule has 1 N–H and O–H groups in total. The molecule has 0 amide bonds. The van der Waals surface area contributed by atoms with Crippen LogP contribution in [0.2, 0.25) is 0 Å². The van der Waals surface area contributed by atoms with Gasteiger partial charge in [0.15, 0.2) is 0 Å². The van der Waals surface area contributed by atoms with Crippen molar-refractivity contribution < 1.29 is 0 Å². The number of aromatic amines is 1. The van der Waals surface area contributed by atoms with Gasteiger partial charge in [-0.1, -0.05) is 39.0 Å². The zero-order valence-corrected chi connectivity index (χ0v) is 10.2. The largest absolute Gasteiger partial charge is 0.322 e. The van der Waals surface area contributed by atoms with Crippen LogP contribution in [-0.2, 0) is 5.41 Å². The normalized spacial score (nSPS) is 12.0. The van der Waals surface area contributed by atoms with E-state index < -0.39 is 0 Å². The van der Waals surface area contributed by atoms with Crippen LogP contribution in [0.1, 0.15) is 31.9 Å². The predicted molar refractivity (Wildman–Crippen MR) is 68.0 cm³/mol. The molecule has 2 rings (SSSR count). The van der Waals surface area contributed by atoms with Crippen LogP contribution in [0.4, 0.5) is 0 Å². The molecule has 1 aromatic carbocycles. The molecular weight excluding hydrogens is 198 g/mol. The highest BCUT2D eigenvalue weighted by Gasteiger charge is 2.21. The molecule has 0 radical (unpaired) electrons. The minimum atomic E-state index is -0.123. The van der Waals surface area contributed by atoms with Crippen molar-refractivity contribution in [2.45, 2.75) is 33.1 Å². The van der Waals surface area contributed by atoms with Gasteiger partial charge in [0.25, 0.3) is 5.56 Å². The van der Waals surface area contributed by atoms with Gasteiger partial charge >= 0.3 is 0 Å². The van der Waals surface area contributed by atoms with Crippen LogP contribution in [0.3, 0.4) is 0 Å². The van der Waals surface area contributed by atoms with Crippen LogP contribution in [-0.4, -0.2) is 4.98 Å². The molecular formula is C14H17NO. The molecule has 0 spiro atoms. The van der Waals surface area contributed by atoms with E-state index in [9.17, 15) is 4.79 Å². The molecule has 0 aliphatic carbocycles. The Morgan fingerprint density at radius 3 is 2.38 bits per heavy atom. The Morgan fingerprint density at radius 2 is 1.75 bits per heavy atom. The van der Waals surface area contributed by atoms with E-state index in [1.807, 2.05) is 25.1 Å². The summed E-state index contributed by atoms with van der Waals surface area (Å²) in [5.74, 6) is 0. The summed E-state index contributed by atoms with van der Waals surface area (Å²) >= 11 is 0. The maximum absolute atomic E-state index is 12.0. The molecule has 84 valence electrons. The molecule has 1 heterocycles. The average Bonchev–Trinajstić information content (AvgIpc) is 2.15. The average molecular weight is 215 g/mol. The SMILES string of the molecule is Cc1c(C(C)(C)C)c(=O)[nH]c2ccccc12. The Balaban J connectivity index is 2.92. The Morgan fingerprint density at radius 1 is 1.12 bits per heavy atom. The highest BCUT2D eigenvalue weighted by Crippen LogP contribution is 2.26. The third-order valence-electron chi connectivity index (χ3n) is 2.93. The monoisotopic (exact) mass is 215 g/mol. The fraction of sp³-hybridized carbons (Fsp3) is 0.357. The van der Waals surface area contributed by atoms with Crippen molar-refractivity contribution in [3.05, 3.63) is 45.7 Å². The second-order valence-corrected chi connectivity index (χ2v) is 5.25. The van der Waals surface area contributed by atoms with E-state index in [1.165, 1.54) is 0 Å². The maximum Gasteiger partial charge on any atom is 0.252 e. The summed E-state index contributed by atoms with van der Waals surface area (Å²) in [5, 5.41) is 1.13. The summed E-state index contributed by atoms with van der Waals surface area (Å²) in [4.78, 5) is 15.0. The first-order valence-corrected chi connectivity index (χ1v) is 5.53. The van der Waals surface area contributed by atoms with Crippen molar-refractivity contribution in [1.29, 1.82) is 0 Å². The van der Waals surface area contributed by atoms with E-state index in [0.717, 1.165) is 22.0 Å². The first-order valence-electron chi connectivity index (χ1n) is 5.53. The Bertz CT molecular complexity index is 588. The minimum Gasteiger partial charge on any atom is -0.322 e. The zero-order chi connectivity index (χ0) is 11.9. The van der Waals surface area contributed by atoms with Crippen molar-refractivity contribution in [2.75, 3.05) is 0 Å². The highest BCUT2D eigenvalue weighted by atomic mass is 16.1. The van der Waals surface area contributed by atoms with Crippen LogP contribution >= 0.6 is 0 Å². The van der Waals surface area contributed by atoms with E-state index >= 15 is 0 Å². The third-order valence-corrected chi connectivity index (χ3v) is 2.93. The van der Waals surface area contributed by atoms with Crippen molar-refractivity contribution in [3.8, 4) is 0 Å². The molecule has 2 nitrogen and oxygen atoms in total. The topological polar surface area (TPSA) is 32.9 Å². The first-order chi connectivity index (χ1) is 7.41. The fourth-order valence-corrected chi connectivity index (χ4v) is 2.31. The van der Waals surface area contributed by atoms with Gasteiger partial charge in [-0.05, 0) is 24.0 Å². The number of rotatable bonds is 0. The fourth-order valence-electron chi connectivity index (χ4n) is 2.31. The van der Waals surface area contributed by atoms with Crippen molar-refractivity contribution in [1.82, 2.24) is 4.98 Å². The number of hydrogen-bond acceptors (Lipinski definition) is 1. The Labute approximate surface area is 95.3 Å². The Hall–Kier alpha value is -1.57. The van der Waals surface area contributed by atoms with Crippen LogP contribution < -0.4 is 5.56 Å². The van der Waals surface area contributed by atoms with Crippen molar-refractivity contribution in [2.24, 2.45) is 0 Å². The quantitative estimate of drug-likeness (QED) is 0.719. The lowest BCUT2D eigenvalue weighted by Gasteiger charge is -2.21. The van der Waals surface area contributed by atoms with Gasteiger partial charge in [0.1, 0.15) is 0 Å². The molecule has 0 aliphatic rings. The number of aryl methyl sites for hydroxylation is 1. The number of fused-ring (bicyclic) bond motifs is 1. The molecule has 0 unspecified atom stereocenters. The second kappa shape index (κ2) is 3.48. The van der Waals surface area contributed by atoms with E-state index in [0.29, 0.717) is 0 Å². The predicted octanol–water partition coefficient (Wildman–Crippen LogP) is 3.13.